The molecule has 0 aliphatic heterocycles. The van der Waals surface area contributed by atoms with Gasteiger partial charge in [-0.2, -0.15) is 0 Å². The topological polar surface area (TPSA) is 76.7 Å². The molecule has 6 heteroatoms. The molecule has 0 fully saturated rings. The second-order valence-corrected chi connectivity index (χ2v) is 11.8. The molecule has 0 saturated carbocycles. The van der Waals surface area contributed by atoms with E-state index in [1.54, 1.807) is 7.11 Å². The normalized spacial score (nSPS) is 11.0. The summed E-state index contributed by atoms with van der Waals surface area (Å²) in [5, 5.41) is 6.38. The number of amides is 2. The third-order valence-electron chi connectivity index (χ3n) is 8.41. The first-order valence-corrected chi connectivity index (χ1v) is 16.7. The van der Waals surface area contributed by atoms with Gasteiger partial charge in [0, 0.05) is 0 Å². The van der Waals surface area contributed by atoms with Crippen molar-refractivity contribution in [3.8, 4) is 11.5 Å². The van der Waals surface area contributed by atoms with E-state index >= 15 is 0 Å². The number of benzene rings is 5. The highest BCUT2D eigenvalue weighted by Gasteiger charge is 2.30. The summed E-state index contributed by atoms with van der Waals surface area (Å²) >= 11 is 0. The van der Waals surface area contributed by atoms with E-state index in [2.05, 4.69) is 17.6 Å². The molecule has 0 radical (unpaired) electrons. The fraction of sp³-hybridized carbons (Fsp3) is 0.238. The molecule has 5 aromatic rings. The average Bonchev–Trinajstić information content (AvgIpc) is 3.13. The van der Waals surface area contributed by atoms with Gasteiger partial charge in [0.2, 0.25) is 11.8 Å². The summed E-state index contributed by atoms with van der Waals surface area (Å²) in [5.74, 6) is -0.543. The van der Waals surface area contributed by atoms with Crippen LogP contribution in [0.2, 0.25) is 0 Å². The lowest BCUT2D eigenvalue weighted by Gasteiger charge is -2.27. The SMILES string of the molecule is CCCCCCOc1ccc(C(NC(=O)C(c2ccccc2)c2ccccc2)NC(=O)C(c2ccccc2)c2ccccc2)cc1OC. The maximum absolute atomic E-state index is 14.3. The largest absolute Gasteiger partial charge is 0.493 e. The maximum Gasteiger partial charge on any atom is 0.233 e. The minimum Gasteiger partial charge on any atom is -0.493 e. The van der Waals surface area contributed by atoms with Gasteiger partial charge in [0.25, 0.3) is 0 Å². The number of methoxy groups -OCH3 is 1. The monoisotopic (exact) mass is 640 g/mol. The van der Waals surface area contributed by atoms with Crippen LogP contribution in [-0.2, 0) is 9.59 Å². The molecule has 0 heterocycles. The van der Waals surface area contributed by atoms with Crippen molar-refractivity contribution in [3.05, 3.63) is 167 Å². The lowest BCUT2D eigenvalue weighted by atomic mass is 9.89. The Hall–Kier alpha value is -5.36. The number of ether oxygens (including phenoxy) is 2. The van der Waals surface area contributed by atoms with Gasteiger partial charge in [0.1, 0.15) is 6.17 Å². The molecule has 5 aromatic carbocycles. The van der Waals surface area contributed by atoms with Crippen molar-refractivity contribution >= 4 is 11.8 Å². The molecular formula is C42H44N2O4. The van der Waals surface area contributed by atoms with Crippen LogP contribution in [-0.4, -0.2) is 25.5 Å². The molecule has 0 aromatic heterocycles. The first kappa shape index (κ1) is 34.0. The summed E-state index contributed by atoms with van der Waals surface area (Å²) < 4.78 is 11.8. The minimum atomic E-state index is -0.873. The van der Waals surface area contributed by atoms with Crippen LogP contribution in [0.1, 0.15) is 78.4 Å². The lowest BCUT2D eigenvalue weighted by Crippen LogP contribution is -2.44. The van der Waals surface area contributed by atoms with E-state index < -0.39 is 18.0 Å². The number of carbonyl (C=O) groups is 2. The van der Waals surface area contributed by atoms with E-state index in [9.17, 15) is 9.59 Å². The van der Waals surface area contributed by atoms with Crippen molar-refractivity contribution in [2.24, 2.45) is 0 Å². The van der Waals surface area contributed by atoms with Crippen LogP contribution < -0.4 is 20.1 Å². The number of nitrogens with one attached hydrogen (secondary N) is 2. The van der Waals surface area contributed by atoms with Crippen LogP contribution in [0, 0.1) is 0 Å². The molecule has 2 N–H and O–H groups in total. The molecule has 5 rings (SSSR count). The first-order valence-electron chi connectivity index (χ1n) is 16.7. The highest BCUT2D eigenvalue weighted by Crippen LogP contribution is 2.32. The van der Waals surface area contributed by atoms with E-state index in [1.807, 2.05) is 140 Å². The summed E-state index contributed by atoms with van der Waals surface area (Å²) in [6.45, 7) is 2.76. The molecule has 0 spiro atoms. The zero-order chi connectivity index (χ0) is 33.6. The predicted molar refractivity (Wildman–Crippen MR) is 191 cm³/mol. The summed E-state index contributed by atoms with van der Waals surface area (Å²) in [4.78, 5) is 28.7. The third kappa shape index (κ3) is 8.91. The molecule has 6 nitrogen and oxygen atoms in total. The van der Waals surface area contributed by atoms with Gasteiger partial charge < -0.3 is 20.1 Å². The molecule has 0 aliphatic rings. The smallest absolute Gasteiger partial charge is 0.233 e. The molecule has 2 amide bonds. The summed E-state index contributed by atoms with van der Waals surface area (Å²) in [6, 6.07) is 44.2. The number of unbranched alkanes of at least 4 members (excludes halogenated alkanes) is 3. The number of hydrogen-bond donors (Lipinski definition) is 2. The highest BCUT2D eigenvalue weighted by molar-refractivity contribution is 5.90. The van der Waals surface area contributed by atoms with Gasteiger partial charge in [-0.05, 0) is 46.4 Å². The Morgan fingerprint density at radius 1 is 0.542 bits per heavy atom. The Kier molecular flexibility index (Phi) is 12.4. The van der Waals surface area contributed by atoms with Crippen LogP contribution in [0.15, 0.2) is 140 Å². The predicted octanol–water partition coefficient (Wildman–Crippen LogP) is 8.55. The van der Waals surface area contributed by atoms with Crippen LogP contribution in [0.3, 0.4) is 0 Å². The molecular weight excluding hydrogens is 596 g/mol. The summed E-state index contributed by atoms with van der Waals surface area (Å²) in [5.41, 5.74) is 4.06. The first-order chi connectivity index (χ1) is 23.6. The second-order valence-electron chi connectivity index (χ2n) is 11.8. The van der Waals surface area contributed by atoms with E-state index in [0.717, 1.165) is 41.5 Å². The summed E-state index contributed by atoms with van der Waals surface area (Å²) in [7, 11) is 1.59. The standard InChI is InChI=1S/C42H44N2O4/c1-3-4-5-18-29-48-36-28-27-35(30-37(36)47-2)40(43-41(45)38(31-19-10-6-11-20-31)32-21-12-7-13-22-32)44-42(46)39(33-23-14-8-15-24-33)34-25-16-9-17-26-34/h6-17,19-28,30,38-40H,3-5,18,29H2,1-2H3,(H,43,45)(H,44,46). The van der Waals surface area contributed by atoms with Crippen molar-refractivity contribution in [2.45, 2.75) is 50.6 Å². The van der Waals surface area contributed by atoms with Crippen molar-refractivity contribution in [3.63, 3.8) is 0 Å². The molecule has 246 valence electrons. The van der Waals surface area contributed by atoms with Crippen LogP contribution in [0.25, 0.3) is 0 Å². The van der Waals surface area contributed by atoms with Crippen molar-refractivity contribution in [2.75, 3.05) is 13.7 Å². The van der Waals surface area contributed by atoms with E-state index in [1.165, 1.54) is 6.42 Å². The third-order valence-corrected chi connectivity index (χ3v) is 8.41. The molecule has 0 bridgehead atoms. The zero-order valence-electron chi connectivity index (χ0n) is 27.7. The van der Waals surface area contributed by atoms with Crippen molar-refractivity contribution in [1.82, 2.24) is 10.6 Å². The van der Waals surface area contributed by atoms with Crippen molar-refractivity contribution < 1.29 is 19.1 Å². The van der Waals surface area contributed by atoms with Gasteiger partial charge in [-0.25, -0.2) is 0 Å². The van der Waals surface area contributed by atoms with E-state index in [0.29, 0.717) is 23.7 Å². The van der Waals surface area contributed by atoms with Crippen LogP contribution in [0.4, 0.5) is 0 Å². The Morgan fingerprint density at radius 2 is 0.979 bits per heavy atom. The zero-order valence-corrected chi connectivity index (χ0v) is 27.7. The van der Waals surface area contributed by atoms with Gasteiger partial charge in [0.05, 0.1) is 25.6 Å². The summed E-state index contributed by atoms with van der Waals surface area (Å²) in [6.07, 6.45) is 3.50. The molecule has 0 atom stereocenters. The average molecular weight is 641 g/mol. The molecule has 0 saturated heterocycles. The fourth-order valence-electron chi connectivity index (χ4n) is 5.92. The van der Waals surface area contributed by atoms with E-state index in [4.69, 9.17) is 9.47 Å². The highest BCUT2D eigenvalue weighted by atomic mass is 16.5. The van der Waals surface area contributed by atoms with Gasteiger partial charge in [-0.3, -0.25) is 9.59 Å². The second kappa shape index (κ2) is 17.5. The molecule has 48 heavy (non-hydrogen) atoms. The Bertz CT molecular complexity index is 1540. The Balaban J connectivity index is 1.50. The van der Waals surface area contributed by atoms with Crippen LogP contribution >= 0.6 is 0 Å². The quantitative estimate of drug-likeness (QED) is 0.0837. The van der Waals surface area contributed by atoms with Gasteiger partial charge in [0.15, 0.2) is 11.5 Å². The van der Waals surface area contributed by atoms with Gasteiger partial charge in [-0.1, -0.05) is 154 Å². The molecule has 0 aliphatic carbocycles. The number of carbonyl (C=O) groups excluding carboxylic acids is 2. The minimum absolute atomic E-state index is 0.246. The molecule has 0 unspecified atom stereocenters. The van der Waals surface area contributed by atoms with Gasteiger partial charge >= 0.3 is 0 Å². The Labute approximate surface area is 284 Å². The number of hydrogen-bond acceptors (Lipinski definition) is 4. The van der Waals surface area contributed by atoms with E-state index in [-0.39, 0.29) is 11.8 Å². The number of rotatable bonds is 16. The van der Waals surface area contributed by atoms with Crippen molar-refractivity contribution in [1.29, 1.82) is 0 Å². The van der Waals surface area contributed by atoms with Crippen LogP contribution in [0.5, 0.6) is 11.5 Å². The maximum atomic E-state index is 14.3. The fourth-order valence-corrected chi connectivity index (χ4v) is 5.92. The lowest BCUT2D eigenvalue weighted by molar-refractivity contribution is -0.125. The Morgan fingerprint density at radius 3 is 1.38 bits per heavy atom. The van der Waals surface area contributed by atoms with Gasteiger partial charge in [-0.15, -0.1) is 0 Å².